The molecule has 1 aliphatic heterocycles. The first kappa shape index (κ1) is 18.3. The predicted octanol–water partition coefficient (Wildman–Crippen LogP) is 4.21. The van der Waals surface area contributed by atoms with Crippen molar-refractivity contribution in [2.24, 2.45) is 0 Å². The molecule has 0 fully saturated rings. The van der Waals surface area contributed by atoms with Crippen molar-refractivity contribution in [3.05, 3.63) is 83.4 Å². The van der Waals surface area contributed by atoms with E-state index in [1.165, 1.54) is 18.2 Å². The van der Waals surface area contributed by atoms with Crippen molar-refractivity contribution < 1.29 is 17.9 Å². The second-order valence-electron chi connectivity index (χ2n) is 6.14. The first-order chi connectivity index (χ1) is 13.4. The van der Waals surface area contributed by atoms with E-state index in [1.807, 2.05) is 18.2 Å². The van der Waals surface area contributed by atoms with E-state index in [-0.39, 0.29) is 21.5 Å². The monoisotopic (exact) mass is 414 g/mol. The lowest BCUT2D eigenvalue weighted by atomic mass is 10.1. The normalized spacial score (nSPS) is 15.9. The van der Waals surface area contributed by atoms with Crippen LogP contribution in [0.4, 0.5) is 11.4 Å². The standard InChI is InChI=1S/C20H15ClN2O4S/c21-15-8-4-5-9-18(15)28(25,26)23-14-10-11-17-16(12-14)22-20(24)19(27-17)13-6-2-1-3-7-13/h1-12,19,23H,(H,22,24). The van der Waals surface area contributed by atoms with Crippen LogP contribution >= 0.6 is 11.6 Å². The van der Waals surface area contributed by atoms with Crippen LogP contribution in [0.2, 0.25) is 5.02 Å². The molecule has 6 nitrogen and oxygen atoms in total. The second kappa shape index (κ2) is 7.18. The molecule has 4 rings (SSSR count). The lowest BCUT2D eigenvalue weighted by Crippen LogP contribution is -2.30. The number of halogens is 1. The summed E-state index contributed by atoms with van der Waals surface area (Å²) in [7, 11) is -3.87. The highest BCUT2D eigenvalue weighted by atomic mass is 35.5. The SMILES string of the molecule is O=C1Nc2cc(NS(=O)(=O)c3ccccc3Cl)ccc2OC1c1ccccc1. The van der Waals surface area contributed by atoms with E-state index in [0.717, 1.165) is 5.56 Å². The lowest BCUT2D eigenvalue weighted by Gasteiger charge is -2.26. The Hall–Kier alpha value is -3.03. The van der Waals surface area contributed by atoms with E-state index in [4.69, 9.17) is 16.3 Å². The number of benzene rings is 3. The molecule has 0 radical (unpaired) electrons. The van der Waals surface area contributed by atoms with Gasteiger partial charge >= 0.3 is 0 Å². The van der Waals surface area contributed by atoms with E-state index in [2.05, 4.69) is 10.0 Å². The van der Waals surface area contributed by atoms with Gasteiger partial charge in [-0.15, -0.1) is 0 Å². The molecule has 0 spiro atoms. The molecule has 1 unspecified atom stereocenters. The second-order valence-corrected chi connectivity index (χ2v) is 8.20. The van der Waals surface area contributed by atoms with Gasteiger partial charge in [0, 0.05) is 5.56 Å². The number of amides is 1. The summed E-state index contributed by atoms with van der Waals surface area (Å²) in [5.41, 5.74) is 1.39. The van der Waals surface area contributed by atoms with Gasteiger partial charge < -0.3 is 10.1 Å². The Morgan fingerprint density at radius 1 is 0.964 bits per heavy atom. The van der Waals surface area contributed by atoms with Gasteiger partial charge in [-0.1, -0.05) is 54.1 Å². The van der Waals surface area contributed by atoms with E-state index in [1.54, 1.807) is 36.4 Å². The summed E-state index contributed by atoms with van der Waals surface area (Å²) in [5.74, 6) is 0.124. The van der Waals surface area contributed by atoms with Gasteiger partial charge in [0.25, 0.3) is 15.9 Å². The number of hydrogen-bond donors (Lipinski definition) is 2. The Kier molecular flexibility index (Phi) is 4.70. The third kappa shape index (κ3) is 3.54. The summed E-state index contributed by atoms with van der Waals surface area (Å²) in [6, 6.07) is 20.0. The van der Waals surface area contributed by atoms with Gasteiger partial charge in [-0.05, 0) is 30.3 Å². The fourth-order valence-electron chi connectivity index (χ4n) is 2.89. The van der Waals surface area contributed by atoms with Crippen LogP contribution in [0.5, 0.6) is 5.75 Å². The number of rotatable bonds is 4. The molecule has 0 saturated heterocycles. The van der Waals surface area contributed by atoms with Crippen LogP contribution in [-0.4, -0.2) is 14.3 Å². The van der Waals surface area contributed by atoms with Crippen molar-refractivity contribution in [1.82, 2.24) is 0 Å². The molecule has 3 aromatic carbocycles. The largest absolute Gasteiger partial charge is 0.474 e. The van der Waals surface area contributed by atoms with Gasteiger partial charge in [0.1, 0.15) is 10.6 Å². The van der Waals surface area contributed by atoms with Crippen molar-refractivity contribution in [2.75, 3.05) is 10.0 Å². The topological polar surface area (TPSA) is 84.5 Å². The zero-order chi connectivity index (χ0) is 19.7. The number of ether oxygens (including phenoxy) is 1. The molecular weight excluding hydrogens is 400 g/mol. The smallest absolute Gasteiger partial charge is 0.270 e. The molecule has 1 heterocycles. The number of fused-ring (bicyclic) bond motifs is 1. The molecule has 28 heavy (non-hydrogen) atoms. The predicted molar refractivity (Wildman–Crippen MR) is 107 cm³/mol. The average molecular weight is 415 g/mol. The highest BCUT2D eigenvalue weighted by molar-refractivity contribution is 7.92. The zero-order valence-electron chi connectivity index (χ0n) is 14.4. The molecule has 0 bridgehead atoms. The summed E-state index contributed by atoms with van der Waals surface area (Å²) >= 11 is 5.99. The van der Waals surface area contributed by atoms with Crippen molar-refractivity contribution in [2.45, 2.75) is 11.0 Å². The van der Waals surface area contributed by atoms with E-state index < -0.39 is 16.1 Å². The maximum absolute atomic E-state index is 12.6. The Bertz CT molecular complexity index is 1150. The Morgan fingerprint density at radius 3 is 2.43 bits per heavy atom. The Labute approximate surface area is 167 Å². The van der Waals surface area contributed by atoms with Gasteiger partial charge in [0.2, 0.25) is 6.10 Å². The minimum atomic E-state index is -3.87. The summed E-state index contributed by atoms with van der Waals surface area (Å²) in [6.45, 7) is 0. The maximum Gasteiger partial charge on any atom is 0.270 e. The Morgan fingerprint density at radius 2 is 1.68 bits per heavy atom. The molecule has 2 N–H and O–H groups in total. The summed E-state index contributed by atoms with van der Waals surface area (Å²) in [4.78, 5) is 12.4. The van der Waals surface area contributed by atoms with Crippen molar-refractivity contribution in [1.29, 1.82) is 0 Å². The Balaban J connectivity index is 1.60. The summed E-state index contributed by atoms with van der Waals surface area (Å²) in [6.07, 6.45) is -0.764. The van der Waals surface area contributed by atoms with E-state index >= 15 is 0 Å². The fourth-order valence-corrected chi connectivity index (χ4v) is 4.46. The lowest BCUT2D eigenvalue weighted by molar-refractivity contribution is -0.123. The highest BCUT2D eigenvalue weighted by Gasteiger charge is 2.29. The van der Waals surface area contributed by atoms with Crippen LogP contribution in [0, 0.1) is 0 Å². The number of sulfonamides is 1. The molecule has 0 aromatic heterocycles. The van der Waals surface area contributed by atoms with Crippen molar-refractivity contribution in [3.8, 4) is 5.75 Å². The minimum Gasteiger partial charge on any atom is -0.474 e. The third-order valence-electron chi connectivity index (χ3n) is 4.20. The van der Waals surface area contributed by atoms with Crippen LogP contribution in [-0.2, 0) is 14.8 Å². The van der Waals surface area contributed by atoms with Gasteiger partial charge in [-0.3, -0.25) is 9.52 Å². The third-order valence-corrected chi connectivity index (χ3v) is 6.08. The zero-order valence-corrected chi connectivity index (χ0v) is 16.0. The molecule has 3 aromatic rings. The average Bonchev–Trinajstić information content (AvgIpc) is 2.68. The minimum absolute atomic E-state index is 0.0289. The van der Waals surface area contributed by atoms with Crippen LogP contribution in [0.15, 0.2) is 77.7 Å². The van der Waals surface area contributed by atoms with Crippen LogP contribution in [0.25, 0.3) is 0 Å². The molecular formula is C20H15ClN2O4S. The first-order valence-corrected chi connectivity index (χ1v) is 10.2. The van der Waals surface area contributed by atoms with Crippen molar-refractivity contribution >= 4 is 38.9 Å². The quantitative estimate of drug-likeness (QED) is 0.669. The number of hydrogen-bond acceptors (Lipinski definition) is 4. The highest BCUT2D eigenvalue weighted by Crippen LogP contribution is 2.37. The molecule has 1 atom stereocenters. The molecule has 0 aliphatic carbocycles. The van der Waals surface area contributed by atoms with Crippen LogP contribution in [0.1, 0.15) is 11.7 Å². The van der Waals surface area contributed by atoms with Gasteiger partial charge in [0.05, 0.1) is 16.4 Å². The molecule has 0 saturated carbocycles. The molecule has 8 heteroatoms. The van der Waals surface area contributed by atoms with Gasteiger partial charge in [0.15, 0.2) is 0 Å². The van der Waals surface area contributed by atoms with Gasteiger partial charge in [-0.25, -0.2) is 8.42 Å². The number of nitrogens with one attached hydrogen (secondary N) is 2. The molecule has 142 valence electrons. The van der Waals surface area contributed by atoms with Crippen LogP contribution in [0.3, 0.4) is 0 Å². The van der Waals surface area contributed by atoms with Gasteiger partial charge in [-0.2, -0.15) is 0 Å². The molecule has 1 amide bonds. The maximum atomic E-state index is 12.6. The number of carbonyl (C=O) groups is 1. The summed E-state index contributed by atoms with van der Waals surface area (Å²) in [5, 5.41) is 2.88. The first-order valence-electron chi connectivity index (χ1n) is 8.38. The number of anilines is 2. The number of carbonyl (C=O) groups excluding carboxylic acids is 1. The summed E-state index contributed by atoms with van der Waals surface area (Å²) < 4.78 is 33.4. The fraction of sp³-hybridized carbons (Fsp3) is 0.0500. The van der Waals surface area contributed by atoms with E-state index in [0.29, 0.717) is 11.4 Å². The molecule has 1 aliphatic rings. The van der Waals surface area contributed by atoms with E-state index in [9.17, 15) is 13.2 Å². The van der Waals surface area contributed by atoms with Crippen molar-refractivity contribution in [3.63, 3.8) is 0 Å². The van der Waals surface area contributed by atoms with Crippen LogP contribution < -0.4 is 14.8 Å².